The number of aryl methyl sites for hydroxylation is 1. The number of alkyl halides is 1. The Morgan fingerprint density at radius 2 is 2.00 bits per heavy atom. The molecule has 0 spiro atoms. The summed E-state index contributed by atoms with van der Waals surface area (Å²) in [6, 6.07) is 6.21. The molecule has 0 aliphatic heterocycles. The van der Waals surface area contributed by atoms with E-state index in [9.17, 15) is 0 Å². The molecule has 0 amide bonds. The van der Waals surface area contributed by atoms with Crippen molar-refractivity contribution in [3.63, 3.8) is 0 Å². The van der Waals surface area contributed by atoms with Crippen molar-refractivity contribution in [3.8, 4) is 10.9 Å². The zero-order chi connectivity index (χ0) is 14.9. The summed E-state index contributed by atoms with van der Waals surface area (Å²) in [5.41, 5.74) is 2.29. The highest BCUT2D eigenvalue weighted by atomic mass is 35.5. The molecule has 5 heteroatoms. The van der Waals surface area contributed by atoms with E-state index < -0.39 is 0 Å². The lowest BCUT2D eigenvalue weighted by Crippen LogP contribution is -2.12. The smallest absolute Gasteiger partial charge is 0.280 e. The summed E-state index contributed by atoms with van der Waals surface area (Å²) in [5, 5.41) is 0.951. The lowest BCUT2D eigenvalue weighted by Gasteiger charge is -2.22. The Morgan fingerprint density at radius 3 is 2.55 bits per heavy atom. The largest absolute Gasteiger partial charge is 0.431 e. The molecule has 2 rings (SSSR count). The summed E-state index contributed by atoms with van der Waals surface area (Å²) < 4.78 is 5.94. The first kappa shape index (κ1) is 15.6. The van der Waals surface area contributed by atoms with E-state index >= 15 is 0 Å². The molecule has 0 fully saturated rings. The molecule has 0 saturated carbocycles. The minimum atomic E-state index is -0.000593. The number of hydrogen-bond donors (Lipinski definition) is 0. The zero-order valence-electron chi connectivity index (χ0n) is 12.0. The lowest BCUT2D eigenvalue weighted by atomic mass is 9.86. The van der Waals surface area contributed by atoms with Crippen molar-refractivity contribution < 1.29 is 4.74 Å². The van der Waals surface area contributed by atoms with Crippen molar-refractivity contribution in [2.45, 2.75) is 39.0 Å². The molecule has 2 aromatic rings. The normalized spacial score (nSPS) is 11.7. The number of benzene rings is 1. The second-order valence-corrected chi connectivity index (χ2v) is 7.35. The highest BCUT2D eigenvalue weighted by Gasteiger charge is 2.20. The number of ether oxygens (including phenoxy) is 1. The van der Waals surface area contributed by atoms with E-state index in [0.29, 0.717) is 16.2 Å². The zero-order valence-corrected chi connectivity index (χ0v) is 14.3. The van der Waals surface area contributed by atoms with Crippen LogP contribution in [0.15, 0.2) is 18.2 Å². The predicted molar refractivity (Wildman–Crippen MR) is 86.6 cm³/mol. The third-order valence-electron chi connectivity index (χ3n) is 2.89. The fraction of sp³-hybridized carbons (Fsp3) is 0.400. The van der Waals surface area contributed by atoms with Crippen molar-refractivity contribution in [2.75, 3.05) is 0 Å². The van der Waals surface area contributed by atoms with Gasteiger partial charge in [-0.25, -0.2) is 0 Å². The number of thiazole rings is 1. The summed E-state index contributed by atoms with van der Waals surface area (Å²) in [6.45, 7) is 8.51. The average Bonchev–Trinajstić information content (AvgIpc) is 2.67. The fourth-order valence-corrected chi connectivity index (χ4v) is 3.20. The fourth-order valence-electron chi connectivity index (χ4n) is 1.87. The van der Waals surface area contributed by atoms with Gasteiger partial charge in [0, 0.05) is 5.56 Å². The van der Waals surface area contributed by atoms with Gasteiger partial charge in [0.1, 0.15) is 10.9 Å². The maximum atomic E-state index is 6.01. The van der Waals surface area contributed by atoms with Crippen LogP contribution in [0, 0.1) is 6.92 Å². The number of nitrogens with zero attached hydrogens (tertiary/aromatic N) is 1. The number of hydrogen-bond acceptors (Lipinski definition) is 3. The van der Waals surface area contributed by atoms with E-state index in [-0.39, 0.29) is 5.41 Å². The van der Waals surface area contributed by atoms with Crippen molar-refractivity contribution in [3.05, 3.63) is 39.4 Å². The molecule has 0 bridgehead atoms. The first-order valence-corrected chi connectivity index (χ1v) is 8.04. The van der Waals surface area contributed by atoms with E-state index in [4.69, 9.17) is 27.9 Å². The second kappa shape index (κ2) is 5.92. The Hall–Kier alpha value is -0.770. The van der Waals surface area contributed by atoms with Gasteiger partial charge in [0.25, 0.3) is 5.19 Å². The maximum absolute atomic E-state index is 6.01. The van der Waals surface area contributed by atoms with Crippen LogP contribution in [0.4, 0.5) is 0 Å². The van der Waals surface area contributed by atoms with Crippen LogP contribution in [-0.4, -0.2) is 4.98 Å². The van der Waals surface area contributed by atoms with Gasteiger partial charge in [-0.3, -0.25) is 0 Å². The molecular weight excluding hydrogens is 313 g/mol. The van der Waals surface area contributed by atoms with Gasteiger partial charge in [-0.05, 0) is 24.0 Å². The first-order chi connectivity index (χ1) is 9.31. The monoisotopic (exact) mass is 329 g/mol. The molecule has 1 aromatic heterocycles. The summed E-state index contributed by atoms with van der Waals surface area (Å²) in [5.74, 6) is 1.17. The molecule has 0 atom stereocenters. The lowest BCUT2D eigenvalue weighted by molar-refractivity contribution is 0.452. The molecule has 20 heavy (non-hydrogen) atoms. The Labute approximate surface area is 133 Å². The van der Waals surface area contributed by atoms with Crippen LogP contribution < -0.4 is 4.74 Å². The van der Waals surface area contributed by atoms with E-state index in [2.05, 4.69) is 37.9 Å². The minimum absolute atomic E-state index is 0.000593. The Kier molecular flexibility index (Phi) is 4.62. The van der Waals surface area contributed by atoms with Crippen molar-refractivity contribution >= 4 is 34.5 Å². The van der Waals surface area contributed by atoms with Crippen LogP contribution in [0.5, 0.6) is 10.9 Å². The Bertz CT molecular complexity index is 617. The van der Waals surface area contributed by atoms with Crippen LogP contribution >= 0.6 is 34.5 Å². The molecule has 1 heterocycles. The SMILES string of the molecule is Cc1ccc(C(C)(C)C)c(Oc2nc(Cl)c(CCl)s2)c1. The van der Waals surface area contributed by atoms with Crippen LogP contribution in [-0.2, 0) is 11.3 Å². The van der Waals surface area contributed by atoms with Crippen molar-refractivity contribution in [1.82, 2.24) is 4.98 Å². The van der Waals surface area contributed by atoms with E-state index in [1.54, 1.807) is 0 Å². The third-order valence-corrected chi connectivity index (χ3v) is 4.68. The quantitative estimate of drug-likeness (QED) is 0.650. The molecule has 0 radical (unpaired) electrons. The minimum Gasteiger partial charge on any atom is -0.431 e. The molecular formula is C15H17Cl2NOS. The highest BCUT2D eigenvalue weighted by molar-refractivity contribution is 7.14. The number of rotatable bonds is 3. The van der Waals surface area contributed by atoms with Crippen molar-refractivity contribution in [2.24, 2.45) is 0 Å². The van der Waals surface area contributed by atoms with Gasteiger partial charge in [0.05, 0.1) is 10.8 Å². The van der Waals surface area contributed by atoms with Gasteiger partial charge in [-0.15, -0.1) is 11.6 Å². The first-order valence-electron chi connectivity index (χ1n) is 6.31. The summed E-state index contributed by atoms with van der Waals surface area (Å²) in [7, 11) is 0. The molecule has 108 valence electrons. The highest BCUT2D eigenvalue weighted by Crippen LogP contribution is 2.38. The van der Waals surface area contributed by atoms with Gasteiger partial charge in [-0.1, -0.05) is 55.8 Å². The van der Waals surface area contributed by atoms with Gasteiger partial charge in [-0.2, -0.15) is 4.98 Å². The Balaban J connectivity index is 2.39. The number of aromatic nitrogens is 1. The van der Waals surface area contributed by atoms with E-state index in [1.165, 1.54) is 11.3 Å². The molecule has 0 aliphatic rings. The third kappa shape index (κ3) is 3.46. The van der Waals surface area contributed by atoms with E-state index in [1.807, 2.05) is 13.0 Å². The van der Waals surface area contributed by atoms with Crippen LogP contribution in [0.2, 0.25) is 5.15 Å². The second-order valence-electron chi connectivity index (χ2n) is 5.68. The van der Waals surface area contributed by atoms with Crippen LogP contribution in [0.1, 0.15) is 36.8 Å². The standard InChI is InChI=1S/C15H17Cl2NOS/c1-9-5-6-10(15(2,3)4)11(7-9)19-14-18-13(17)12(8-16)20-14/h5-7H,8H2,1-4H3. The Morgan fingerprint density at radius 1 is 1.30 bits per heavy atom. The van der Waals surface area contributed by atoms with Gasteiger partial charge in [0.2, 0.25) is 0 Å². The van der Waals surface area contributed by atoms with Crippen LogP contribution in [0.3, 0.4) is 0 Å². The van der Waals surface area contributed by atoms with Gasteiger partial charge < -0.3 is 4.74 Å². The maximum Gasteiger partial charge on any atom is 0.280 e. The topological polar surface area (TPSA) is 22.1 Å². The van der Waals surface area contributed by atoms with Gasteiger partial charge >= 0.3 is 0 Å². The number of halogens is 2. The molecule has 2 nitrogen and oxygen atoms in total. The predicted octanol–water partition coefficient (Wildman–Crippen LogP) is 5.93. The molecule has 1 aromatic carbocycles. The molecule has 0 N–H and O–H groups in total. The molecule has 0 saturated heterocycles. The van der Waals surface area contributed by atoms with Crippen molar-refractivity contribution in [1.29, 1.82) is 0 Å². The van der Waals surface area contributed by atoms with Crippen LogP contribution in [0.25, 0.3) is 0 Å². The average molecular weight is 330 g/mol. The summed E-state index contributed by atoms with van der Waals surface area (Å²) >= 11 is 13.2. The molecule has 0 aliphatic carbocycles. The van der Waals surface area contributed by atoms with E-state index in [0.717, 1.165) is 21.8 Å². The molecule has 0 unspecified atom stereocenters. The summed E-state index contributed by atoms with van der Waals surface area (Å²) in [6.07, 6.45) is 0. The summed E-state index contributed by atoms with van der Waals surface area (Å²) in [4.78, 5) is 5.03. The van der Waals surface area contributed by atoms with Gasteiger partial charge in [0.15, 0.2) is 0 Å².